The smallest absolute Gasteiger partial charge is 0.289 e. The Balaban J connectivity index is 1.76. The molecule has 2 aromatic rings. The maximum atomic E-state index is 12.4. The fraction of sp³-hybridized carbons (Fsp3) is 0.333. The van der Waals surface area contributed by atoms with Crippen molar-refractivity contribution in [3.63, 3.8) is 0 Å². The van der Waals surface area contributed by atoms with E-state index in [4.69, 9.17) is 4.74 Å². The molecule has 3 rings (SSSR count). The molecule has 1 aliphatic heterocycles. The Labute approximate surface area is 141 Å². The summed E-state index contributed by atoms with van der Waals surface area (Å²) in [5.41, 5.74) is 1.65. The molecule has 0 spiro atoms. The number of imidazole rings is 1. The Morgan fingerprint density at radius 1 is 1.25 bits per heavy atom. The average Bonchev–Trinajstić information content (AvgIpc) is 3.19. The molecule has 0 fully saturated rings. The molecule has 1 aromatic heterocycles. The lowest BCUT2D eigenvalue weighted by Crippen LogP contribution is -2.31. The summed E-state index contributed by atoms with van der Waals surface area (Å²) in [4.78, 5) is 18.1. The van der Waals surface area contributed by atoms with Crippen molar-refractivity contribution >= 4 is 5.91 Å². The zero-order chi connectivity index (χ0) is 17.1. The minimum atomic E-state index is -0.307. The van der Waals surface area contributed by atoms with Crippen LogP contribution in [-0.4, -0.2) is 39.1 Å². The van der Waals surface area contributed by atoms with Gasteiger partial charge in [-0.2, -0.15) is 0 Å². The Hall–Kier alpha value is -2.76. The van der Waals surface area contributed by atoms with Gasteiger partial charge in [0.15, 0.2) is 5.76 Å². The third kappa shape index (κ3) is 2.99. The highest BCUT2D eigenvalue weighted by atomic mass is 16.5. The SMILES string of the molecule is COc1ccc(C2C(C)=C(O)C(=O)N2CCCn2ccnc2)cc1. The van der Waals surface area contributed by atoms with E-state index in [0.29, 0.717) is 12.1 Å². The number of hydrogen-bond donors (Lipinski definition) is 1. The van der Waals surface area contributed by atoms with Crippen LogP contribution in [0.4, 0.5) is 0 Å². The minimum absolute atomic E-state index is 0.140. The third-order valence-corrected chi connectivity index (χ3v) is 4.36. The highest BCUT2D eigenvalue weighted by Gasteiger charge is 2.37. The van der Waals surface area contributed by atoms with Gasteiger partial charge >= 0.3 is 0 Å². The highest BCUT2D eigenvalue weighted by molar-refractivity contribution is 5.95. The number of aliphatic hydroxyl groups is 1. The largest absolute Gasteiger partial charge is 0.503 e. The van der Waals surface area contributed by atoms with Gasteiger partial charge in [-0.15, -0.1) is 0 Å². The van der Waals surface area contributed by atoms with E-state index in [1.807, 2.05) is 35.0 Å². The Bertz CT molecular complexity index is 735. The van der Waals surface area contributed by atoms with Crippen LogP contribution in [-0.2, 0) is 11.3 Å². The molecular weight excluding hydrogens is 306 g/mol. The molecule has 126 valence electrons. The summed E-state index contributed by atoms with van der Waals surface area (Å²) in [5.74, 6) is 0.318. The zero-order valence-corrected chi connectivity index (χ0v) is 13.8. The summed E-state index contributed by atoms with van der Waals surface area (Å²) in [6, 6.07) is 7.37. The number of ether oxygens (including phenoxy) is 1. The lowest BCUT2D eigenvalue weighted by molar-refractivity contribution is -0.129. The normalized spacial score (nSPS) is 17.7. The molecule has 1 amide bonds. The van der Waals surface area contributed by atoms with Gasteiger partial charge < -0.3 is 19.3 Å². The third-order valence-electron chi connectivity index (χ3n) is 4.36. The molecule has 0 aliphatic carbocycles. The lowest BCUT2D eigenvalue weighted by Gasteiger charge is -2.26. The predicted octanol–water partition coefficient (Wildman–Crippen LogP) is 2.70. The van der Waals surface area contributed by atoms with Crippen molar-refractivity contribution < 1.29 is 14.6 Å². The van der Waals surface area contributed by atoms with Crippen LogP contribution in [0.25, 0.3) is 0 Å². The van der Waals surface area contributed by atoms with Crippen LogP contribution in [0.15, 0.2) is 54.3 Å². The van der Waals surface area contributed by atoms with Crippen LogP contribution in [0.3, 0.4) is 0 Å². The Morgan fingerprint density at radius 2 is 2.00 bits per heavy atom. The van der Waals surface area contributed by atoms with Crippen molar-refractivity contribution in [3.8, 4) is 5.75 Å². The first-order valence-corrected chi connectivity index (χ1v) is 7.92. The van der Waals surface area contributed by atoms with E-state index in [2.05, 4.69) is 4.98 Å². The number of methoxy groups -OCH3 is 1. The minimum Gasteiger partial charge on any atom is -0.503 e. The zero-order valence-electron chi connectivity index (χ0n) is 13.8. The van der Waals surface area contributed by atoms with Gasteiger partial charge in [-0.25, -0.2) is 4.98 Å². The van der Waals surface area contributed by atoms with Crippen molar-refractivity contribution in [2.75, 3.05) is 13.7 Å². The fourth-order valence-electron chi connectivity index (χ4n) is 3.07. The number of carbonyl (C=O) groups excluding carboxylic acids is 1. The average molecular weight is 327 g/mol. The second-order valence-corrected chi connectivity index (χ2v) is 5.86. The van der Waals surface area contributed by atoms with E-state index >= 15 is 0 Å². The van der Waals surface area contributed by atoms with Gasteiger partial charge in [0.2, 0.25) is 0 Å². The Morgan fingerprint density at radius 3 is 2.62 bits per heavy atom. The van der Waals surface area contributed by atoms with Crippen LogP contribution < -0.4 is 4.74 Å². The van der Waals surface area contributed by atoms with Gasteiger partial charge in [0, 0.05) is 31.1 Å². The number of aryl methyl sites for hydroxylation is 1. The standard InChI is InChI=1S/C18H21N3O3/c1-13-16(14-4-6-15(24-2)7-5-14)21(18(23)17(13)22)10-3-9-20-11-8-19-12-20/h4-8,11-12,16,22H,3,9-10H2,1-2H3. The van der Waals surface area contributed by atoms with Gasteiger partial charge in [-0.05, 0) is 31.0 Å². The van der Waals surface area contributed by atoms with E-state index < -0.39 is 0 Å². The van der Waals surface area contributed by atoms with E-state index in [-0.39, 0.29) is 17.7 Å². The molecule has 0 bridgehead atoms. The number of hydrogen-bond acceptors (Lipinski definition) is 4. The molecule has 6 nitrogen and oxygen atoms in total. The van der Waals surface area contributed by atoms with Gasteiger partial charge in [0.25, 0.3) is 5.91 Å². The topological polar surface area (TPSA) is 67.6 Å². The quantitative estimate of drug-likeness (QED) is 0.886. The van der Waals surface area contributed by atoms with E-state index in [1.165, 1.54) is 0 Å². The molecule has 1 aromatic carbocycles. The molecular formula is C18H21N3O3. The van der Waals surface area contributed by atoms with Crippen LogP contribution in [0.1, 0.15) is 24.9 Å². The van der Waals surface area contributed by atoms with E-state index in [1.54, 1.807) is 31.5 Å². The highest BCUT2D eigenvalue weighted by Crippen LogP contribution is 2.37. The molecule has 1 N–H and O–H groups in total. The van der Waals surface area contributed by atoms with Crippen LogP contribution >= 0.6 is 0 Å². The van der Waals surface area contributed by atoms with Crippen molar-refractivity contribution in [1.82, 2.24) is 14.5 Å². The van der Waals surface area contributed by atoms with Crippen LogP contribution in [0, 0.1) is 0 Å². The molecule has 2 heterocycles. The monoisotopic (exact) mass is 327 g/mol. The second kappa shape index (κ2) is 6.78. The van der Waals surface area contributed by atoms with Crippen molar-refractivity contribution in [2.24, 2.45) is 0 Å². The molecule has 0 saturated carbocycles. The molecule has 1 atom stereocenters. The van der Waals surface area contributed by atoms with Gasteiger partial charge in [-0.1, -0.05) is 12.1 Å². The van der Waals surface area contributed by atoms with Crippen molar-refractivity contribution in [2.45, 2.75) is 25.9 Å². The summed E-state index contributed by atoms with van der Waals surface area (Å²) in [6.07, 6.45) is 6.18. The van der Waals surface area contributed by atoms with E-state index in [9.17, 15) is 9.90 Å². The molecule has 0 radical (unpaired) electrons. The number of aliphatic hydroxyl groups excluding tert-OH is 1. The second-order valence-electron chi connectivity index (χ2n) is 5.86. The fourth-order valence-corrected chi connectivity index (χ4v) is 3.07. The van der Waals surface area contributed by atoms with E-state index in [0.717, 1.165) is 24.3 Å². The van der Waals surface area contributed by atoms with Crippen LogP contribution in [0.2, 0.25) is 0 Å². The molecule has 1 aliphatic rings. The molecule has 0 saturated heterocycles. The van der Waals surface area contributed by atoms with Gasteiger partial charge in [0.05, 0.1) is 19.5 Å². The first-order chi connectivity index (χ1) is 11.6. The first-order valence-electron chi connectivity index (χ1n) is 7.92. The summed E-state index contributed by atoms with van der Waals surface area (Å²) in [5, 5.41) is 10.1. The number of amides is 1. The van der Waals surface area contributed by atoms with Crippen molar-refractivity contribution in [1.29, 1.82) is 0 Å². The maximum Gasteiger partial charge on any atom is 0.289 e. The lowest BCUT2D eigenvalue weighted by atomic mass is 10.0. The predicted molar refractivity (Wildman–Crippen MR) is 89.6 cm³/mol. The molecule has 6 heteroatoms. The summed E-state index contributed by atoms with van der Waals surface area (Å²) < 4.78 is 7.16. The number of aromatic nitrogens is 2. The summed E-state index contributed by atoms with van der Waals surface area (Å²) >= 11 is 0. The summed E-state index contributed by atoms with van der Waals surface area (Å²) in [6.45, 7) is 3.14. The molecule has 1 unspecified atom stereocenters. The van der Waals surface area contributed by atoms with Gasteiger partial charge in [-0.3, -0.25) is 4.79 Å². The Kier molecular flexibility index (Phi) is 4.55. The first kappa shape index (κ1) is 16.1. The van der Waals surface area contributed by atoms with Gasteiger partial charge in [0.1, 0.15) is 5.75 Å². The number of nitrogens with zero attached hydrogens (tertiary/aromatic N) is 3. The molecule has 24 heavy (non-hydrogen) atoms. The van der Waals surface area contributed by atoms with Crippen molar-refractivity contribution in [3.05, 3.63) is 59.9 Å². The number of benzene rings is 1. The number of carbonyl (C=O) groups is 1. The summed E-state index contributed by atoms with van der Waals surface area (Å²) in [7, 11) is 1.62. The number of rotatable bonds is 6. The maximum absolute atomic E-state index is 12.4. The van der Waals surface area contributed by atoms with Crippen LogP contribution in [0.5, 0.6) is 5.75 Å².